The fourth-order valence-corrected chi connectivity index (χ4v) is 4.82. The molecule has 4 aromatic heterocycles. The van der Waals surface area contributed by atoms with Crippen LogP contribution in [0.4, 0.5) is 34.4 Å². The minimum absolute atomic E-state index is 0.294. The summed E-state index contributed by atoms with van der Waals surface area (Å²) >= 11 is 2.72. The second kappa shape index (κ2) is 16.9. The predicted molar refractivity (Wildman–Crippen MR) is 183 cm³/mol. The van der Waals surface area contributed by atoms with Gasteiger partial charge in [-0.3, -0.25) is 9.59 Å². The molecule has 2 amide bonds. The Morgan fingerprint density at radius 3 is 1.42 bits per heavy atom. The van der Waals surface area contributed by atoms with Crippen LogP contribution in [0.5, 0.6) is 11.5 Å². The standard InChI is InChI=1S/2C16H13N5O2S/c2*1-23-14-8-11(20-21-15-4-2-3-7-17-15)5-6-12(14)19-16(22)13-9-24-10-18-13/h2*2-10H,1H3,(H,19,22)/b21-20+;21-20-. The van der Waals surface area contributed by atoms with Gasteiger partial charge < -0.3 is 20.1 Å². The monoisotopic (exact) mass is 678 g/mol. The molecule has 0 fully saturated rings. The summed E-state index contributed by atoms with van der Waals surface area (Å²) in [6, 6.07) is 21.0. The fraction of sp³-hybridized carbons (Fsp3) is 0.0625. The number of thiazole rings is 2. The SMILES string of the molecule is COc1cc(/N=N/c2ccccn2)ccc1NC(=O)c1cscn1.COc1cc(/N=N\c2ccccn2)ccc1NC(=O)c1cscn1. The number of benzene rings is 2. The van der Waals surface area contributed by atoms with Crippen molar-refractivity contribution in [2.45, 2.75) is 0 Å². The molecule has 0 bridgehead atoms. The molecule has 6 rings (SSSR count). The lowest BCUT2D eigenvalue weighted by molar-refractivity contribution is 0.101. The van der Waals surface area contributed by atoms with Crippen molar-refractivity contribution in [3.05, 3.63) is 118 Å². The maximum absolute atomic E-state index is 12.1. The number of azo groups is 2. The quantitative estimate of drug-likeness (QED) is 0.136. The van der Waals surface area contributed by atoms with Crippen LogP contribution in [-0.4, -0.2) is 46.0 Å². The average molecular weight is 679 g/mol. The zero-order valence-electron chi connectivity index (χ0n) is 25.4. The van der Waals surface area contributed by atoms with Crippen LogP contribution in [0.25, 0.3) is 0 Å². The van der Waals surface area contributed by atoms with Crippen molar-refractivity contribution in [1.29, 1.82) is 0 Å². The van der Waals surface area contributed by atoms with E-state index in [0.717, 1.165) is 0 Å². The molecule has 6 aromatic rings. The van der Waals surface area contributed by atoms with Gasteiger partial charge >= 0.3 is 0 Å². The third kappa shape index (κ3) is 9.38. The minimum atomic E-state index is -0.294. The van der Waals surface area contributed by atoms with E-state index in [4.69, 9.17) is 9.47 Å². The first-order valence-corrected chi connectivity index (χ1v) is 15.8. The highest BCUT2D eigenvalue weighted by molar-refractivity contribution is 7.08. The largest absolute Gasteiger partial charge is 0.494 e. The highest BCUT2D eigenvalue weighted by Gasteiger charge is 2.13. The van der Waals surface area contributed by atoms with Gasteiger partial charge in [-0.25, -0.2) is 19.9 Å². The van der Waals surface area contributed by atoms with E-state index in [9.17, 15) is 9.59 Å². The van der Waals surface area contributed by atoms with E-state index < -0.39 is 0 Å². The van der Waals surface area contributed by atoms with Gasteiger partial charge in [-0.05, 0) is 48.5 Å². The lowest BCUT2D eigenvalue weighted by Crippen LogP contribution is -2.12. The van der Waals surface area contributed by atoms with Gasteiger partial charge in [0.1, 0.15) is 22.9 Å². The summed E-state index contributed by atoms with van der Waals surface area (Å²) in [4.78, 5) is 40.2. The van der Waals surface area contributed by atoms with Crippen molar-refractivity contribution in [2.24, 2.45) is 20.5 Å². The van der Waals surface area contributed by atoms with Crippen molar-refractivity contribution in [3.63, 3.8) is 0 Å². The smallest absolute Gasteiger partial charge is 0.275 e. The normalized spacial score (nSPS) is 10.7. The van der Waals surface area contributed by atoms with Crippen molar-refractivity contribution < 1.29 is 19.1 Å². The Morgan fingerprint density at radius 2 is 1.06 bits per heavy atom. The highest BCUT2D eigenvalue weighted by atomic mass is 32.1. The molecular weight excluding hydrogens is 653 g/mol. The molecule has 2 aromatic carbocycles. The fourth-order valence-electron chi connectivity index (χ4n) is 3.76. The molecule has 0 unspecified atom stereocenters. The van der Waals surface area contributed by atoms with Crippen molar-refractivity contribution in [1.82, 2.24) is 19.9 Å². The van der Waals surface area contributed by atoms with Gasteiger partial charge in [0, 0.05) is 35.3 Å². The third-order valence-corrected chi connectivity index (χ3v) is 7.20. The molecule has 4 heterocycles. The molecule has 0 saturated heterocycles. The zero-order chi connectivity index (χ0) is 33.6. The Morgan fingerprint density at radius 1 is 0.604 bits per heavy atom. The van der Waals surface area contributed by atoms with E-state index in [1.807, 2.05) is 24.3 Å². The molecule has 0 aliphatic carbocycles. The predicted octanol–water partition coefficient (Wildman–Crippen LogP) is 8.43. The van der Waals surface area contributed by atoms with Gasteiger partial charge in [-0.2, -0.15) is 0 Å². The van der Waals surface area contributed by atoms with Crippen LogP contribution in [-0.2, 0) is 0 Å². The Kier molecular flexibility index (Phi) is 11.6. The van der Waals surface area contributed by atoms with E-state index in [2.05, 4.69) is 51.0 Å². The van der Waals surface area contributed by atoms with Crippen LogP contribution >= 0.6 is 22.7 Å². The number of rotatable bonds is 10. The average Bonchev–Trinajstić information content (AvgIpc) is 3.88. The van der Waals surface area contributed by atoms with Crippen LogP contribution in [0.15, 0.2) is 127 Å². The van der Waals surface area contributed by atoms with Crippen molar-refractivity contribution >= 4 is 68.9 Å². The summed E-state index contributed by atoms with van der Waals surface area (Å²) in [6.45, 7) is 0. The molecule has 0 spiro atoms. The summed E-state index contributed by atoms with van der Waals surface area (Å²) in [7, 11) is 3.04. The number of hydrogen-bond acceptors (Lipinski definition) is 14. The second-order valence-corrected chi connectivity index (χ2v) is 10.6. The van der Waals surface area contributed by atoms with Gasteiger partial charge in [-0.1, -0.05) is 12.1 Å². The Bertz CT molecular complexity index is 1850. The number of ether oxygens (including phenoxy) is 2. The van der Waals surface area contributed by atoms with Crippen LogP contribution < -0.4 is 20.1 Å². The summed E-state index contributed by atoms with van der Waals surface area (Å²) in [5.74, 6) is 1.40. The molecule has 0 atom stereocenters. The van der Waals surface area contributed by atoms with Gasteiger partial charge in [-0.15, -0.1) is 43.1 Å². The van der Waals surface area contributed by atoms with E-state index in [1.165, 1.54) is 36.9 Å². The molecule has 0 aliphatic rings. The number of carbonyl (C=O) groups excluding carboxylic acids is 2. The maximum Gasteiger partial charge on any atom is 0.275 e. The van der Waals surface area contributed by atoms with Gasteiger partial charge in [0.25, 0.3) is 11.8 Å². The number of amides is 2. The molecule has 16 heteroatoms. The number of carbonyl (C=O) groups is 2. The van der Waals surface area contributed by atoms with Crippen LogP contribution in [0.3, 0.4) is 0 Å². The first-order chi connectivity index (χ1) is 23.5. The molecular formula is C32H26N10O4S2. The summed E-state index contributed by atoms with van der Waals surface area (Å²) in [6.07, 6.45) is 3.29. The molecule has 0 aliphatic heterocycles. The summed E-state index contributed by atoms with van der Waals surface area (Å²) in [5.41, 5.74) is 6.18. The lowest BCUT2D eigenvalue weighted by atomic mass is 10.2. The zero-order valence-corrected chi connectivity index (χ0v) is 27.1. The lowest BCUT2D eigenvalue weighted by Gasteiger charge is -2.09. The van der Waals surface area contributed by atoms with E-state index >= 15 is 0 Å². The van der Waals surface area contributed by atoms with Crippen molar-refractivity contribution in [3.8, 4) is 11.5 Å². The van der Waals surface area contributed by atoms with Crippen LogP contribution in [0.2, 0.25) is 0 Å². The minimum Gasteiger partial charge on any atom is -0.494 e. The summed E-state index contributed by atoms with van der Waals surface area (Å²) < 4.78 is 10.6. The number of nitrogens with one attached hydrogen (secondary N) is 2. The number of nitrogens with zero attached hydrogens (tertiary/aromatic N) is 8. The first kappa shape index (κ1) is 33.1. The third-order valence-electron chi connectivity index (χ3n) is 6.03. The molecule has 14 nitrogen and oxygen atoms in total. The van der Waals surface area contributed by atoms with Crippen LogP contribution in [0.1, 0.15) is 21.0 Å². The second-order valence-electron chi connectivity index (χ2n) is 9.20. The van der Waals surface area contributed by atoms with Gasteiger partial charge in [0.05, 0.1) is 48.0 Å². The Hall–Kier alpha value is -6.26. The van der Waals surface area contributed by atoms with Gasteiger partial charge in [0.15, 0.2) is 11.6 Å². The van der Waals surface area contributed by atoms with Gasteiger partial charge in [0.2, 0.25) is 0 Å². The first-order valence-electron chi connectivity index (χ1n) is 13.9. The Labute approximate surface area is 282 Å². The molecule has 48 heavy (non-hydrogen) atoms. The highest BCUT2D eigenvalue weighted by Crippen LogP contribution is 2.31. The number of hydrogen-bond donors (Lipinski definition) is 2. The van der Waals surface area contributed by atoms with Crippen LogP contribution in [0, 0.1) is 0 Å². The Balaban J connectivity index is 0.000000188. The molecule has 2 N–H and O–H groups in total. The maximum atomic E-state index is 12.1. The number of pyridine rings is 2. The number of methoxy groups -OCH3 is 2. The number of anilines is 2. The summed E-state index contributed by atoms with van der Waals surface area (Å²) in [5, 5.41) is 25.2. The van der Waals surface area contributed by atoms with E-state index in [-0.39, 0.29) is 11.8 Å². The van der Waals surface area contributed by atoms with E-state index in [1.54, 1.807) is 82.7 Å². The number of aromatic nitrogens is 4. The molecule has 240 valence electrons. The molecule has 0 radical (unpaired) electrons. The topological polar surface area (TPSA) is 178 Å². The van der Waals surface area contributed by atoms with E-state index in [0.29, 0.717) is 57.3 Å². The van der Waals surface area contributed by atoms with Crippen molar-refractivity contribution in [2.75, 3.05) is 24.9 Å². The molecule has 0 saturated carbocycles.